The molecule has 3 N–H and O–H groups in total. The van der Waals surface area contributed by atoms with E-state index in [9.17, 15) is 9.90 Å². The van der Waals surface area contributed by atoms with Crippen molar-refractivity contribution in [1.29, 1.82) is 0 Å². The van der Waals surface area contributed by atoms with Crippen LogP contribution in [-0.4, -0.2) is 41.2 Å². The molecule has 0 radical (unpaired) electrons. The van der Waals surface area contributed by atoms with Gasteiger partial charge in [0.15, 0.2) is 0 Å². The predicted octanol–water partition coefficient (Wildman–Crippen LogP) is 5.22. The van der Waals surface area contributed by atoms with Crippen LogP contribution in [-0.2, 0) is 4.79 Å². The second-order valence-electron chi connectivity index (χ2n) is 7.59. The lowest BCUT2D eigenvalue weighted by Gasteiger charge is -2.16. The summed E-state index contributed by atoms with van der Waals surface area (Å²) in [5.41, 5.74) is 4.49. The Bertz CT molecular complexity index is 854. The van der Waals surface area contributed by atoms with Gasteiger partial charge in [-0.25, -0.2) is 0 Å². The Morgan fingerprint density at radius 3 is 2.75 bits per heavy atom. The fourth-order valence-corrected chi connectivity index (χ4v) is 3.11. The van der Waals surface area contributed by atoms with Gasteiger partial charge in [0.05, 0.1) is 6.54 Å². The Kier molecular flexibility index (Phi) is 13.3. The minimum absolute atomic E-state index is 0.157. The zero-order valence-corrected chi connectivity index (χ0v) is 19.1. The van der Waals surface area contributed by atoms with Crippen molar-refractivity contribution in [2.75, 3.05) is 13.1 Å². The molecule has 0 saturated heterocycles. The number of aliphatic hydroxyl groups is 1. The first-order chi connectivity index (χ1) is 15.4. The largest absolute Gasteiger partial charge is 0.481 e. The quantitative estimate of drug-likeness (QED) is 0.160. The van der Waals surface area contributed by atoms with Crippen LogP contribution in [0.4, 0.5) is 0 Å². The number of nitrogens with one attached hydrogen (secondary N) is 1. The number of carbonyl (C=O) groups is 1. The van der Waals surface area contributed by atoms with Gasteiger partial charge in [-0.15, -0.1) is 6.58 Å². The summed E-state index contributed by atoms with van der Waals surface area (Å²) in [4.78, 5) is 15.5. The van der Waals surface area contributed by atoms with Gasteiger partial charge in [-0.2, -0.15) is 0 Å². The van der Waals surface area contributed by atoms with Crippen LogP contribution in [0.5, 0.6) is 0 Å². The number of allylic oxidation sites excluding steroid dienone is 9. The number of unbranched alkanes of at least 4 members (excludes halogenated alkanes) is 1. The molecule has 172 valence electrons. The van der Waals surface area contributed by atoms with Gasteiger partial charge in [0, 0.05) is 25.1 Å². The summed E-state index contributed by atoms with van der Waals surface area (Å²) >= 11 is 0. The highest BCUT2D eigenvalue weighted by molar-refractivity contribution is 6.01. The number of aliphatic imine (C=N–C) groups is 1. The van der Waals surface area contributed by atoms with Crippen molar-refractivity contribution in [3.05, 3.63) is 96.7 Å². The summed E-state index contributed by atoms with van der Waals surface area (Å²) in [7, 11) is 0. The molecule has 0 aromatic heterocycles. The predicted molar refractivity (Wildman–Crippen MR) is 135 cm³/mol. The van der Waals surface area contributed by atoms with Crippen LogP contribution in [0, 0.1) is 0 Å². The number of carboxylic acid groups (broad SMARTS) is 1. The molecular formula is C27H36N2O3. The fraction of sp³-hybridized carbons (Fsp3) is 0.333. The summed E-state index contributed by atoms with van der Waals surface area (Å²) < 4.78 is 0. The Morgan fingerprint density at radius 1 is 1.28 bits per heavy atom. The molecule has 0 spiro atoms. The standard InChI is InChI=1S/C27H36N2O3/c1-5-7-8-13-21(3)20-29-27(32)24-15-11-17-28-25(12-6-2)23(18-22(4)19-24)14-9-10-16-26(30)31/h5-8,11,13,15,18-19,27,29,32H,1-2,4,9-10,12,14,16-17,20H2,3H3,(H,30,31)/b8-7-,15-11-,21-13+,23-18-,24-19+,28-25-. The lowest BCUT2D eigenvalue weighted by atomic mass is 9.97. The topological polar surface area (TPSA) is 81.9 Å². The SMILES string of the molecule is C=C/C=C\C=C(/C)CNC(O)C1=C/C(=C)/C=C(CCCCC(=O)O)\C(CC=C)=N/C/C=C\1. The van der Waals surface area contributed by atoms with Crippen LogP contribution >= 0.6 is 0 Å². The van der Waals surface area contributed by atoms with Crippen molar-refractivity contribution in [2.24, 2.45) is 4.99 Å². The van der Waals surface area contributed by atoms with E-state index in [0.717, 1.165) is 35.3 Å². The van der Waals surface area contributed by atoms with Gasteiger partial charge in [-0.1, -0.05) is 67.3 Å². The molecule has 0 amide bonds. The third-order valence-electron chi connectivity index (χ3n) is 4.72. The second-order valence-corrected chi connectivity index (χ2v) is 7.59. The Labute approximate surface area is 192 Å². The summed E-state index contributed by atoms with van der Waals surface area (Å²) in [5, 5.41) is 22.6. The van der Waals surface area contributed by atoms with Gasteiger partial charge in [0.1, 0.15) is 6.23 Å². The van der Waals surface area contributed by atoms with E-state index in [1.165, 1.54) is 0 Å². The molecule has 0 aromatic rings. The maximum absolute atomic E-state index is 10.8. The van der Waals surface area contributed by atoms with Crippen molar-refractivity contribution >= 4 is 11.7 Å². The maximum Gasteiger partial charge on any atom is 0.303 e. The number of aliphatic carboxylic acids is 1. The third-order valence-corrected chi connectivity index (χ3v) is 4.72. The van der Waals surface area contributed by atoms with Gasteiger partial charge in [-0.3, -0.25) is 15.1 Å². The summed E-state index contributed by atoms with van der Waals surface area (Å²) in [6.07, 6.45) is 18.9. The highest BCUT2D eigenvalue weighted by atomic mass is 16.4. The molecule has 0 bridgehead atoms. The van der Waals surface area contributed by atoms with Crippen LogP contribution in [0.3, 0.4) is 0 Å². The minimum atomic E-state index is -0.849. The van der Waals surface area contributed by atoms with E-state index in [4.69, 9.17) is 10.1 Å². The smallest absolute Gasteiger partial charge is 0.303 e. The zero-order chi connectivity index (χ0) is 23.8. The molecule has 5 heteroatoms. The third kappa shape index (κ3) is 11.4. The van der Waals surface area contributed by atoms with E-state index in [1.807, 2.05) is 55.5 Å². The molecule has 1 rings (SSSR count). The second kappa shape index (κ2) is 15.7. The van der Waals surface area contributed by atoms with E-state index >= 15 is 0 Å². The van der Waals surface area contributed by atoms with Crippen molar-refractivity contribution in [2.45, 2.75) is 45.3 Å². The first kappa shape index (κ1) is 27.0. The average Bonchev–Trinajstić information content (AvgIpc) is 2.75. The van der Waals surface area contributed by atoms with Crippen molar-refractivity contribution in [3.8, 4) is 0 Å². The van der Waals surface area contributed by atoms with Gasteiger partial charge in [-0.05, 0) is 49.0 Å². The molecule has 0 aliphatic carbocycles. The molecule has 1 aliphatic heterocycles. The summed E-state index contributed by atoms with van der Waals surface area (Å²) in [6, 6.07) is 0. The van der Waals surface area contributed by atoms with Gasteiger partial charge < -0.3 is 10.2 Å². The number of carboxylic acids is 1. The van der Waals surface area contributed by atoms with Crippen LogP contribution in [0.15, 0.2) is 102 Å². The number of hydrogen-bond acceptors (Lipinski definition) is 4. The van der Waals surface area contributed by atoms with Crippen molar-refractivity contribution in [3.63, 3.8) is 0 Å². The van der Waals surface area contributed by atoms with Crippen molar-refractivity contribution < 1.29 is 15.0 Å². The van der Waals surface area contributed by atoms with Gasteiger partial charge in [0.25, 0.3) is 0 Å². The molecule has 1 heterocycles. The molecule has 0 saturated carbocycles. The Balaban J connectivity index is 2.97. The molecule has 1 atom stereocenters. The summed E-state index contributed by atoms with van der Waals surface area (Å²) in [5.74, 6) is -0.782. The first-order valence-corrected chi connectivity index (χ1v) is 10.9. The normalized spacial score (nSPS) is 22.1. The van der Waals surface area contributed by atoms with Gasteiger partial charge >= 0.3 is 5.97 Å². The molecule has 1 aliphatic rings. The zero-order valence-electron chi connectivity index (χ0n) is 19.1. The number of nitrogens with zero attached hydrogens (tertiary/aromatic N) is 1. The maximum atomic E-state index is 10.8. The number of rotatable bonds is 13. The first-order valence-electron chi connectivity index (χ1n) is 10.9. The van der Waals surface area contributed by atoms with Crippen molar-refractivity contribution in [1.82, 2.24) is 5.32 Å². The number of aliphatic hydroxyl groups excluding tert-OH is 1. The molecule has 32 heavy (non-hydrogen) atoms. The van der Waals surface area contributed by atoms with Crippen LogP contribution in [0.2, 0.25) is 0 Å². The lowest BCUT2D eigenvalue weighted by Crippen LogP contribution is -2.31. The lowest BCUT2D eigenvalue weighted by molar-refractivity contribution is -0.137. The molecule has 0 aromatic carbocycles. The van der Waals surface area contributed by atoms with Crippen LogP contribution in [0.1, 0.15) is 39.0 Å². The van der Waals surface area contributed by atoms with Crippen LogP contribution < -0.4 is 5.32 Å². The molecular weight excluding hydrogens is 400 g/mol. The average molecular weight is 437 g/mol. The monoisotopic (exact) mass is 436 g/mol. The fourth-order valence-electron chi connectivity index (χ4n) is 3.11. The molecule has 1 unspecified atom stereocenters. The Hall–Kier alpha value is -3.02. The van der Waals surface area contributed by atoms with Gasteiger partial charge in [0.2, 0.25) is 0 Å². The van der Waals surface area contributed by atoms with E-state index < -0.39 is 12.2 Å². The molecule has 5 nitrogen and oxygen atoms in total. The highest BCUT2D eigenvalue weighted by Crippen LogP contribution is 2.19. The summed E-state index contributed by atoms with van der Waals surface area (Å²) in [6.45, 7) is 14.6. The van der Waals surface area contributed by atoms with E-state index in [-0.39, 0.29) is 6.42 Å². The van der Waals surface area contributed by atoms with Crippen LogP contribution in [0.25, 0.3) is 0 Å². The van der Waals surface area contributed by atoms with E-state index in [0.29, 0.717) is 31.5 Å². The molecule has 0 fully saturated rings. The number of hydrogen-bond donors (Lipinski definition) is 3. The minimum Gasteiger partial charge on any atom is -0.481 e. The van der Waals surface area contributed by atoms with E-state index in [2.05, 4.69) is 25.1 Å². The van der Waals surface area contributed by atoms with E-state index in [1.54, 1.807) is 6.08 Å². The Morgan fingerprint density at radius 2 is 2.06 bits per heavy atom. The highest BCUT2D eigenvalue weighted by Gasteiger charge is 2.11.